The normalized spacial score (nSPS) is 13.4. The van der Waals surface area contributed by atoms with Crippen molar-refractivity contribution in [3.63, 3.8) is 0 Å². The summed E-state index contributed by atoms with van der Waals surface area (Å²) in [4.78, 5) is 10.5. The summed E-state index contributed by atoms with van der Waals surface area (Å²) < 4.78 is 0. The van der Waals surface area contributed by atoms with Crippen LogP contribution >= 0.6 is 0 Å². The standard InChI is InChI=1S/C14H19NO2/c1-3-13(12-7-5-4-6-8-12)15-10-11(2)9-14(16)17/h4-9,13,15H,3,10H2,1-2H3,(H,16,17)/b11-9+. The van der Waals surface area contributed by atoms with E-state index in [9.17, 15) is 4.79 Å². The maximum atomic E-state index is 10.5. The number of aliphatic carboxylic acids is 1. The highest BCUT2D eigenvalue weighted by Gasteiger charge is 2.07. The first kappa shape index (κ1) is 13.5. The third-order valence-electron chi connectivity index (χ3n) is 2.61. The average Bonchev–Trinajstić information content (AvgIpc) is 2.30. The van der Waals surface area contributed by atoms with Gasteiger partial charge in [0.15, 0.2) is 0 Å². The minimum absolute atomic E-state index is 0.272. The molecule has 1 atom stereocenters. The number of benzene rings is 1. The van der Waals surface area contributed by atoms with Gasteiger partial charge < -0.3 is 10.4 Å². The Labute approximate surface area is 102 Å². The molecule has 92 valence electrons. The smallest absolute Gasteiger partial charge is 0.328 e. The second-order valence-corrected chi connectivity index (χ2v) is 4.08. The van der Waals surface area contributed by atoms with E-state index in [1.165, 1.54) is 11.6 Å². The first-order valence-corrected chi connectivity index (χ1v) is 5.82. The van der Waals surface area contributed by atoms with Crippen molar-refractivity contribution >= 4 is 5.97 Å². The minimum atomic E-state index is -0.892. The number of carboxylic acids is 1. The van der Waals surface area contributed by atoms with Gasteiger partial charge in [0.1, 0.15) is 0 Å². The van der Waals surface area contributed by atoms with E-state index in [-0.39, 0.29) is 6.04 Å². The Balaban J connectivity index is 2.57. The SMILES string of the molecule is CCC(NC/C(C)=C/C(=O)O)c1ccccc1. The largest absolute Gasteiger partial charge is 0.478 e. The van der Waals surface area contributed by atoms with Gasteiger partial charge >= 0.3 is 5.97 Å². The van der Waals surface area contributed by atoms with E-state index < -0.39 is 5.97 Å². The Hall–Kier alpha value is -1.61. The summed E-state index contributed by atoms with van der Waals surface area (Å²) >= 11 is 0. The molecule has 0 heterocycles. The molecule has 0 aliphatic carbocycles. The second-order valence-electron chi connectivity index (χ2n) is 4.08. The van der Waals surface area contributed by atoms with E-state index in [0.717, 1.165) is 12.0 Å². The Kier molecular flexibility index (Phi) is 5.43. The molecule has 0 aliphatic rings. The number of rotatable bonds is 6. The van der Waals surface area contributed by atoms with Crippen LogP contribution in [0, 0.1) is 0 Å². The number of nitrogens with one attached hydrogen (secondary N) is 1. The molecule has 17 heavy (non-hydrogen) atoms. The van der Waals surface area contributed by atoms with Gasteiger partial charge in [-0.15, -0.1) is 0 Å². The lowest BCUT2D eigenvalue weighted by atomic mass is 10.0. The third kappa shape index (κ3) is 4.83. The Morgan fingerprint density at radius 2 is 2.06 bits per heavy atom. The van der Waals surface area contributed by atoms with E-state index in [4.69, 9.17) is 5.11 Å². The number of hydrogen-bond donors (Lipinski definition) is 2. The molecule has 1 unspecified atom stereocenters. The zero-order valence-corrected chi connectivity index (χ0v) is 10.3. The van der Waals surface area contributed by atoms with Crippen molar-refractivity contribution in [1.82, 2.24) is 5.32 Å². The van der Waals surface area contributed by atoms with Crippen LogP contribution in [0.15, 0.2) is 42.0 Å². The molecule has 0 aliphatic heterocycles. The predicted molar refractivity (Wildman–Crippen MR) is 68.9 cm³/mol. The summed E-state index contributed by atoms with van der Waals surface area (Å²) in [6, 6.07) is 10.5. The molecule has 3 heteroatoms. The van der Waals surface area contributed by atoms with Crippen molar-refractivity contribution in [2.75, 3.05) is 6.54 Å². The predicted octanol–water partition coefficient (Wildman–Crippen LogP) is 2.76. The number of hydrogen-bond acceptors (Lipinski definition) is 2. The molecule has 0 fully saturated rings. The molecule has 0 aromatic heterocycles. The zero-order valence-electron chi connectivity index (χ0n) is 10.3. The van der Waals surface area contributed by atoms with E-state index in [1.807, 2.05) is 25.1 Å². The lowest BCUT2D eigenvalue weighted by Crippen LogP contribution is -2.22. The van der Waals surface area contributed by atoms with E-state index in [1.54, 1.807) is 0 Å². The molecule has 0 amide bonds. The van der Waals surface area contributed by atoms with Gasteiger partial charge in [-0.1, -0.05) is 42.8 Å². The molecular weight excluding hydrogens is 214 g/mol. The fraction of sp³-hybridized carbons (Fsp3) is 0.357. The van der Waals surface area contributed by atoms with E-state index in [2.05, 4.69) is 24.4 Å². The van der Waals surface area contributed by atoms with Gasteiger partial charge in [0.2, 0.25) is 0 Å². The molecule has 0 radical (unpaired) electrons. The summed E-state index contributed by atoms with van der Waals surface area (Å²) in [5.41, 5.74) is 2.06. The number of carbonyl (C=O) groups is 1. The summed E-state index contributed by atoms with van der Waals surface area (Å²) in [5.74, 6) is -0.892. The molecule has 2 N–H and O–H groups in total. The van der Waals surface area contributed by atoms with Gasteiger partial charge in [-0.2, -0.15) is 0 Å². The van der Waals surface area contributed by atoms with Crippen LogP contribution in [0.3, 0.4) is 0 Å². The first-order valence-electron chi connectivity index (χ1n) is 5.82. The van der Waals surface area contributed by atoms with Crippen molar-refractivity contribution in [3.8, 4) is 0 Å². The highest BCUT2D eigenvalue weighted by atomic mass is 16.4. The second kappa shape index (κ2) is 6.86. The summed E-state index contributed by atoms with van der Waals surface area (Å²) in [7, 11) is 0. The molecule has 1 aromatic carbocycles. The van der Waals surface area contributed by atoms with Gasteiger partial charge in [-0.25, -0.2) is 4.79 Å². The lowest BCUT2D eigenvalue weighted by molar-refractivity contribution is -0.131. The van der Waals surface area contributed by atoms with Crippen molar-refractivity contribution < 1.29 is 9.90 Å². The molecule has 0 saturated carbocycles. The Morgan fingerprint density at radius 3 is 2.59 bits per heavy atom. The van der Waals surface area contributed by atoms with Crippen LogP contribution in [0.25, 0.3) is 0 Å². The van der Waals surface area contributed by atoms with Crippen LogP contribution < -0.4 is 5.32 Å². The molecule has 0 spiro atoms. The first-order chi connectivity index (χ1) is 8.13. The van der Waals surface area contributed by atoms with Gasteiger partial charge in [-0.05, 0) is 18.9 Å². The van der Waals surface area contributed by atoms with Crippen molar-refractivity contribution in [2.45, 2.75) is 26.3 Å². The van der Waals surface area contributed by atoms with E-state index >= 15 is 0 Å². The average molecular weight is 233 g/mol. The molecule has 1 rings (SSSR count). The van der Waals surface area contributed by atoms with Crippen LogP contribution in [0.2, 0.25) is 0 Å². The summed E-state index contributed by atoms with van der Waals surface area (Å²) in [5, 5.41) is 12.0. The van der Waals surface area contributed by atoms with Gasteiger partial charge in [0.05, 0.1) is 0 Å². The maximum absolute atomic E-state index is 10.5. The van der Waals surface area contributed by atoms with Crippen LogP contribution in [0.4, 0.5) is 0 Å². The minimum Gasteiger partial charge on any atom is -0.478 e. The van der Waals surface area contributed by atoms with Gasteiger partial charge in [-0.3, -0.25) is 0 Å². The summed E-state index contributed by atoms with van der Waals surface area (Å²) in [6.07, 6.45) is 2.22. The van der Waals surface area contributed by atoms with Crippen LogP contribution in [-0.2, 0) is 4.79 Å². The maximum Gasteiger partial charge on any atom is 0.328 e. The van der Waals surface area contributed by atoms with Crippen molar-refractivity contribution in [1.29, 1.82) is 0 Å². The van der Waals surface area contributed by atoms with Gasteiger partial charge in [0.25, 0.3) is 0 Å². The fourth-order valence-corrected chi connectivity index (χ4v) is 1.73. The van der Waals surface area contributed by atoms with Crippen LogP contribution in [0.1, 0.15) is 31.9 Å². The van der Waals surface area contributed by atoms with E-state index in [0.29, 0.717) is 6.54 Å². The Morgan fingerprint density at radius 1 is 1.41 bits per heavy atom. The van der Waals surface area contributed by atoms with Crippen LogP contribution in [0.5, 0.6) is 0 Å². The molecule has 3 nitrogen and oxygen atoms in total. The van der Waals surface area contributed by atoms with Crippen LogP contribution in [-0.4, -0.2) is 17.6 Å². The molecular formula is C14H19NO2. The topological polar surface area (TPSA) is 49.3 Å². The summed E-state index contributed by atoms with van der Waals surface area (Å²) in [6.45, 7) is 4.53. The third-order valence-corrected chi connectivity index (χ3v) is 2.61. The highest BCUT2D eigenvalue weighted by molar-refractivity contribution is 5.80. The van der Waals surface area contributed by atoms with Crippen molar-refractivity contribution in [3.05, 3.63) is 47.5 Å². The zero-order chi connectivity index (χ0) is 12.7. The Bertz CT molecular complexity index is 384. The number of carboxylic acid groups (broad SMARTS) is 1. The quantitative estimate of drug-likeness (QED) is 0.743. The highest BCUT2D eigenvalue weighted by Crippen LogP contribution is 2.15. The molecule has 0 bridgehead atoms. The van der Waals surface area contributed by atoms with Crippen molar-refractivity contribution in [2.24, 2.45) is 0 Å². The monoisotopic (exact) mass is 233 g/mol. The fourth-order valence-electron chi connectivity index (χ4n) is 1.73. The van der Waals surface area contributed by atoms with Gasteiger partial charge in [0, 0.05) is 18.7 Å². The molecule has 0 saturated heterocycles. The lowest BCUT2D eigenvalue weighted by Gasteiger charge is -2.17. The molecule has 1 aromatic rings.